The predicted molar refractivity (Wildman–Crippen MR) is 109 cm³/mol. The SMILES string of the molecule is CC(=O)N1CC[C@H](Nc2nc(N)c3c(-c4ccn5nccc5n4)ccn3n2)[C@H](F)C1. The Morgan fingerprint density at radius 3 is 2.87 bits per heavy atom. The summed E-state index contributed by atoms with van der Waals surface area (Å²) in [5.41, 5.74) is 9.09. The Balaban J connectivity index is 1.43. The van der Waals surface area contributed by atoms with Crippen LogP contribution in [0.15, 0.2) is 36.8 Å². The van der Waals surface area contributed by atoms with Crippen LogP contribution < -0.4 is 11.1 Å². The van der Waals surface area contributed by atoms with Gasteiger partial charge in [-0.2, -0.15) is 10.1 Å². The minimum atomic E-state index is -1.21. The summed E-state index contributed by atoms with van der Waals surface area (Å²) in [6.07, 6.45) is 4.52. The van der Waals surface area contributed by atoms with E-state index in [1.165, 1.54) is 11.8 Å². The van der Waals surface area contributed by atoms with Gasteiger partial charge < -0.3 is 16.0 Å². The number of rotatable bonds is 3. The molecule has 0 radical (unpaired) electrons. The van der Waals surface area contributed by atoms with Crippen LogP contribution in [-0.2, 0) is 4.79 Å². The zero-order valence-corrected chi connectivity index (χ0v) is 16.2. The maximum atomic E-state index is 14.5. The maximum absolute atomic E-state index is 14.5. The maximum Gasteiger partial charge on any atom is 0.243 e. The van der Waals surface area contributed by atoms with Gasteiger partial charge in [-0.25, -0.2) is 18.4 Å². The Morgan fingerprint density at radius 2 is 2.07 bits per heavy atom. The number of aromatic nitrogens is 6. The third kappa shape index (κ3) is 3.08. The van der Waals surface area contributed by atoms with Gasteiger partial charge in [0.15, 0.2) is 11.5 Å². The van der Waals surface area contributed by atoms with Gasteiger partial charge in [-0.15, -0.1) is 5.10 Å². The second-order valence-corrected chi connectivity index (χ2v) is 7.31. The Labute approximate surface area is 170 Å². The monoisotopic (exact) mass is 409 g/mol. The van der Waals surface area contributed by atoms with Crippen LogP contribution in [0, 0.1) is 0 Å². The van der Waals surface area contributed by atoms with Crippen LogP contribution in [0.3, 0.4) is 0 Å². The fourth-order valence-electron chi connectivity index (χ4n) is 3.80. The molecule has 1 aliphatic heterocycles. The predicted octanol–water partition coefficient (Wildman–Crippen LogP) is 1.39. The molecule has 0 bridgehead atoms. The number of piperidine rings is 1. The van der Waals surface area contributed by atoms with Gasteiger partial charge in [0.1, 0.15) is 11.7 Å². The lowest BCUT2D eigenvalue weighted by atomic mass is 10.0. The molecule has 1 amide bonds. The van der Waals surface area contributed by atoms with Gasteiger partial charge in [0, 0.05) is 37.5 Å². The number of nitrogen functional groups attached to an aromatic ring is 1. The first kappa shape index (κ1) is 18.3. The number of carbonyl (C=O) groups excluding carboxylic acids is 1. The molecule has 2 atom stereocenters. The molecule has 30 heavy (non-hydrogen) atoms. The Bertz CT molecular complexity index is 1250. The van der Waals surface area contributed by atoms with Crippen LogP contribution >= 0.6 is 0 Å². The van der Waals surface area contributed by atoms with Crippen molar-refractivity contribution in [1.29, 1.82) is 0 Å². The van der Waals surface area contributed by atoms with Crippen LogP contribution in [0.1, 0.15) is 13.3 Å². The van der Waals surface area contributed by atoms with E-state index in [4.69, 9.17) is 5.73 Å². The number of alkyl halides is 1. The molecule has 0 unspecified atom stereocenters. The van der Waals surface area contributed by atoms with E-state index < -0.39 is 12.2 Å². The van der Waals surface area contributed by atoms with Gasteiger partial charge in [-0.1, -0.05) is 0 Å². The topological polar surface area (TPSA) is 119 Å². The Hall–Kier alpha value is -3.76. The Kier molecular flexibility index (Phi) is 4.23. The average molecular weight is 409 g/mol. The quantitative estimate of drug-likeness (QED) is 0.525. The van der Waals surface area contributed by atoms with Crippen molar-refractivity contribution in [2.75, 3.05) is 24.1 Å². The number of halogens is 1. The number of carbonyl (C=O) groups is 1. The number of likely N-dealkylation sites (tertiary alicyclic amines) is 1. The molecule has 0 aromatic carbocycles. The van der Waals surface area contributed by atoms with E-state index in [1.54, 1.807) is 21.4 Å². The molecule has 1 fully saturated rings. The highest BCUT2D eigenvalue weighted by Crippen LogP contribution is 2.28. The van der Waals surface area contributed by atoms with Crippen molar-refractivity contribution in [3.63, 3.8) is 0 Å². The standard InChI is InChI=1S/C19H20FN9O/c1-11(30)27-7-4-15(13(20)10-27)24-19-25-18(21)17-12(3-8-29(17)26-19)14-5-9-28-16(23-14)2-6-22-28/h2-3,5-6,8-9,13,15H,4,7,10H2,1H3,(H3,21,24,25,26)/t13-,15+/m1/s1. The molecular formula is C19H20FN9O. The van der Waals surface area contributed by atoms with E-state index in [0.717, 1.165) is 16.9 Å². The minimum absolute atomic E-state index is 0.0567. The summed E-state index contributed by atoms with van der Waals surface area (Å²) in [7, 11) is 0. The van der Waals surface area contributed by atoms with Crippen LogP contribution in [0.4, 0.5) is 16.2 Å². The number of hydrogen-bond acceptors (Lipinski definition) is 7. The molecule has 0 aliphatic carbocycles. The van der Waals surface area contributed by atoms with Crippen molar-refractivity contribution in [2.24, 2.45) is 0 Å². The van der Waals surface area contributed by atoms with Gasteiger partial charge in [-0.05, 0) is 18.6 Å². The highest BCUT2D eigenvalue weighted by Gasteiger charge is 2.31. The number of hydrogen-bond donors (Lipinski definition) is 2. The first-order valence-electron chi connectivity index (χ1n) is 9.61. The number of amides is 1. The first-order chi connectivity index (χ1) is 14.5. The molecule has 4 aromatic heterocycles. The number of fused-ring (bicyclic) bond motifs is 2. The van der Waals surface area contributed by atoms with Crippen molar-refractivity contribution in [2.45, 2.75) is 25.6 Å². The molecular weight excluding hydrogens is 389 g/mol. The average Bonchev–Trinajstić information content (AvgIpc) is 3.35. The molecule has 3 N–H and O–H groups in total. The second-order valence-electron chi connectivity index (χ2n) is 7.31. The number of nitrogens with two attached hydrogens (primary N) is 1. The highest BCUT2D eigenvalue weighted by molar-refractivity contribution is 5.86. The summed E-state index contributed by atoms with van der Waals surface area (Å²) in [5, 5.41) is 11.6. The van der Waals surface area contributed by atoms with E-state index in [2.05, 4.69) is 25.5 Å². The summed E-state index contributed by atoms with van der Waals surface area (Å²) in [6.45, 7) is 1.99. The van der Waals surface area contributed by atoms with Crippen LogP contribution in [0.2, 0.25) is 0 Å². The zero-order chi connectivity index (χ0) is 20.8. The van der Waals surface area contributed by atoms with Crippen molar-refractivity contribution < 1.29 is 9.18 Å². The molecule has 154 valence electrons. The van der Waals surface area contributed by atoms with Crippen LogP contribution in [0.25, 0.3) is 22.4 Å². The summed E-state index contributed by atoms with van der Waals surface area (Å²) >= 11 is 0. The van der Waals surface area contributed by atoms with Gasteiger partial charge in [0.05, 0.1) is 24.5 Å². The highest BCUT2D eigenvalue weighted by atomic mass is 19.1. The van der Waals surface area contributed by atoms with E-state index >= 15 is 0 Å². The zero-order valence-electron chi connectivity index (χ0n) is 16.2. The van der Waals surface area contributed by atoms with Crippen molar-refractivity contribution >= 4 is 28.8 Å². The van der Waals surface area contributed by atoms with Crippen molar-refractivity contribution in [3.8, 4) is 11.3 Å². The molecule has 11 heteroatoms. The Morgan fingerprint density at radius 1 is 1.23 bits per heavy atom. The van der Waals surface area contributed by atoms with Gasteiger partial charge in [-0.3, -0.25) is 4.79 Å². The third-order valence-corrected chi connectivity index (χ3v) is 5.37. The van der Waals surface area contributed by atoms with E-state index in [0.29, 0.717) is 18.5 Å². The number of nitrogens with one attached hydrogen (secondary N) is 1. The minimum Gasteiger partial charge on any atom is -0.382 e. The van der Waals surface area contributed by atoms with E-state index in [-0.39, 0.29) is 24.2 Å². The molecule has 1 saturated heterocycles. The van der Waals surface area contributed by atoms with Crippen LogP contribution in [0.5, 0.6) is 0 Å². The summed E-state index contributed by atoms with van der Waals surface area (Å²) < 4.78 is 17.8. The molecule has 5 heterocycles. The largest absolute Gasteiger partial charge is 0.382 e. The lowest BCUT2D eigenvalue weighted by Crippen LogP contribution is -2.49. The third-order valence-electron chi connectivity index (χ3n) is 5.37. The first-order valence-corrected chi connectivity index (χ1v) is 9.61. The van der Waals surface area contributed by atoms with Crippen LogP contribution in [-0.4, -0.2) is 65.3 Å². The number of nitrogens with zero attached hydrogens (tertiary/aromatic N) is 7. The normalized spacial score (nSPS) is 19.5. The second kappa shape index (κ2) is 6.94. The molecule has 0 saturated carbocycles. The molecule has 1 aliphatic rings. The number of anilines is 2. The van der Waals surface area contributed by atoms with Gasteiger partial charge >= 0.3 is 0 Å². The van der Waals surface area contributed by atoms with Crippen molar-refractivity contribution in [1.82, 2.24) is 34.1 Å². The molecule has 10 nitrogen and oxygen atoms in total. The van der Waals surface area contributed by atoms with Crippen molar-refractivity contribution in [3.05, 3.63) is 36.8 Å². The summed E-state index contributed by atoms with van der Waals surface area (Å²) in [5.74, 6) is 0.380. The molecule has 0 spiro atoms. The lowest BCUT2D eigenvalue weighted by Gasteiger charge is -2.34. The van der Waals surface area contributed by atoms with Gasteiger partial charge in [0.25, 0.3) is 0 Å². The fourth-order valence-corrected chi connectivity index (χ4v) is 3.80. The smallest absolute Gasteiger partial charge is 0.243 e. The van der Waals surface area contributed by atoms with E-state index in [1.807, 2.05) is 24.4 Å². The van der Waals surface area contributed by atoms with Gasteiger partial charge in [0.2, 0.25) is 11.9 Å². The summed E-state index contributed by atoms with van der Waals surface area (Å²) in [6, 6.07) is 5.03. The van der Waals surface area contributed by atoms with E-state index in [9.17, 15) is 9.18 Å². The molecule has 5 rings (SSSR count). The lowest BCUT2D eigenvalue weighted by molar-refractivity contribution is -0.131. The fraction of sp³-hybridized carbons (Fsp3) is 0.316. The molecule has 4 aromatic rings. The summed E-state index contributed by atoms with van der Waals surface area (Å²) in [4.78, 5) is 21.9.